The molecule has 0 heterocycles. The summed E-state index contributed by atoms with van der Waals surface area (Å²) in [5.74, 6) is -1.28. The number of nitrogens with one attached hydrogen (secondary N) is 1. The van der Waals surface area contributed by atoms with Crippen LogP contribution in [0.5, 0.6) is 0 Å². The van der Waals surface area contributed by atoms with Crippen LogP contribution in [-0.2, 0) is 32.3 Å². The van der Waals surface area contributed by atoms with Gasteiger partial charge < -0.3 is 10.2 Å². The molecule has 0 radical (unpaired) electrons. The average Bonchev–Trinajstić information content (AvgIpc) is 2.92. The first-order chi connectivity index (χ1) is 18.8. The van der Waals surface area contributed by atoms with E-state index < -0.39 is 51.9 Å². The molecule has 3 rings (SSSR count). The molecule has 0 aliphatic carbocycles. The van der Waals surface area contributed by atoms with Gasteiger partial charge in [-0.05, 0) is 49.2 Å². The number of amides is 2. The predicted octanol–water partition coefficient (Wildman–Crippen LogP) is 5.42. The van der Waals surface area contributed by atoms with E-state index in [4.69, 9.17) is 11.6 Å². The minimum absolute atomic E-state index is 0.0411. The third-order valence-corrected chi connectivity index (χ3v) is 8.35. The summed E-state index contributed by atoms with van der Waals surface area (Å²) in [5.41, 5.74) is -0.00644. The van der Waals surface area contributed by atoms with Gasteiger partial charge in [0.1, 0.15) is 12.6 Å². The van der Waals surface area contributed by atoms with Gasteiger partial charge in [0.15, 0.2) is 0 Å². The second-order valence-electron chi connectivity index (χ2n) is 9.03. The lowest BCUT2D eigenvalue weighted by Gasteiger charge is -2.33. The van der Waals surface area contributed by atoms with Crippen molar-refractivity contribution in [2.45, 2.75) is 43.9 Å². The molecule has 12 heteroatoms. The summed E-state index contributed by atoms with van der Waals surface area (Å²) in [4.78, 5) is 27.6. The van der Waals surface area contributed by atoms with Gasteiger partial charge in [-0.25, -0.2) is 8.42 Å². The van der Waals surface area contributed by atoms with Gasteiger partial charge in [0.2, 0.25) is 11.8 Å². The Hall–Kier alpha value is -3.57. The van der Waals surface area contributed by atoms with E-state index in [9.17, 15) is 31.2 Å². The number of benzene rings is 3. The molecule has 0 saturated carbocycles. The number of carbonyl (C=O) groups is 2. The summed E-state index contributed by atoms with van der Waals surface area (Å²) >= 11 is 6.24. The van der Waals surface area contributed by atoms with Crippen molar-refractivity contribution in [3.05, 3.63) is 94.5 Å². The van der Waals surface area contributed by atoms with Crippen molar-refractivity contribution in [1.29, 1.82) is 0 Å². The summed E-state index contributed by atoms with van der Waals surface area (Å²) in [7, 11) is -3.16. The molecule has 1 N–H and O–H groups in total. The Morgan fingerprint density at radius 3 is 2.17 bits per heavy atom. The van der Waals surface area contributed by atoms with E-state index in [1.165, 1.54) is 36.2 Å². The first-order valence-corrected chi connectivity index (χ1v) is 14.1. The highest BCUT2D eigenvalue weighted by Gasteiger charge is 2.36. The zero-order valence-electron chi connectivity index (χ0n) is 22.1. The smallest absolute Gasteiger partial charge is 0.357 e. The van der Waals surface area contributed by atoms with Crippen LogP contribution in [0.2, 0.25) is 5.02 Å². The Morgan fingerprint density at radius 2 is 1.62 bits per heavy atom. The van der Waals surface area contributed by atoms with E-state index in [1.54, 1.807) is 25.1 Å². The van der Waals surface area contributed by atoms with Crippen molar-refractivity contribution in [1.82, 2.24) is 10.2 Å². The standard InChI is InChI=1S/C28H29ClF3N3O4S/c1-4-24(27(37)33-3)34(17-20-12-10-19(2)11-13-20)26(36)18-35(40(38,39)22-8-6-5-7-9-22)25-16-21(28(30,31)32)14-15-23(25)29/h5-16,24H,4,17-18H2,1-3H3,(H,33,37). The Kier molecular flexibility index (Phi) is 9.86. The average molecular weight is 596 g/mol. The Morgan fingerprint density at radius 1 is 1.00 bits per heavy atom. The van der Waals surface area contributed by atoms with Crippen LogP contribution in [0.1, 0.15) is 30.0 Å². The van der Waals surface area contributed by atoms with Gasteiger partial charge >= 0.3 is 6.18 Å². The Labute approximate surface area is 236 Å². The van der Waals surface area contributed by atoms with Gasteiger partial charge in [0, 0.05) is 13.6 Å². The molecule has 7 nitrogen and oxygen atoms in total. The van der Waals surface area contributed by atoms with Crippen molar-refractivity contribution in [2.24, 2.45) is 0 Å². The highest BCUT2D eigenvalue weighted by Crippen LogP contribution is 2.37. The van der Waals surface area contributed by atoms with Crippen LogP contribution >= 0.6 is 11.6 Å². The normalized spacial score (nSPS) is 12.5. The number of anilines is 1. The Bertz CT molecular complexity index is 1450. The lowest BCUT2D eigenvalue weighted by molar-refractivity contribution is -0.140. The third-order valence-electron chi connectivity index (χ3n) is 6.26. The van der Waals surface area contributed by atoms with E-state index in [-0.39, 0.29) is 22.9 Å². The summed E-state index contributed by atoms with van der Waals surface area (Å²) < 4.78 is 68.9. The summed E-state index contributed by atoms with van der Waals surface area (Å²) in [6.07, 6.45) is -4.59. The topological polar surface area (TPSA) is 86.8 Å². The van der Waals surface area contributed by atoms with Gasteiger partial charge in [-0.1, -0.05) is 66.6 Å². The molecule has 214 valence electrons. The van der Waals surface area contributed by atoms with Crippen LogP contribution < -0.4 is 9.62 Å². The molecule has 0 aliphatic heterocycles. The number of halogens is 4. The van der Waals surface area contributed by atoms with E-state index in [2.05, 4.69) is 5.32 Å². The Balaban J connectivity index is 2.15. The van der Waals surface area contributed by atoms with Crippen LogP contribution in [0.4, 0.5) is 18.9 Å². The fourth-order valence-electron chi connectivity index (χ4n) is 4.09. The second-order valence-corrected chi connectivity index (χ2v) is 11.3. The molecule has 40 heavy (non-hydrogen) atoms. The van der Waals surface area contributed by atoms with E-state index >= 15 is 0 Å². The molecule has 0 aliphatic rings. The molecule has 0 spiro atoms. The number of alkyl halides is 3. The fraction of sp³-hybridized carbons (Fsp3) is 0.286. The highest BCUT2D eigenvalue weighted by atomic mass is 35.5. The molecule has 0 fully saturated rings. The number of hydrogen-bond acceptors (Lipinski definition) is 4. The van der Waals surface area contributed by atoms with Crippen molar-refractivity contribution in [3.8, 4) is 0 Å². The molecule has 2 amide bonds. The maximum Gasteiger partial charge on any atom is 0.416 e. The van der Waals surface area contributed by atoms with Crippen LogP contribution in [0.25, 0.3) is 0 Å². The maximum absolute atomic E-state index is 13.9. The van der Waals surface area contributed by atoms with Gasteiger partial charge in [0.05, 0.1) is 21.2 Å². The highest BCUT2D eigenvalue weighted by molar-refractivity contribution is 7.92. The SMILES string of the molecule is CCC(C(=O)NC)N(Cc1ccc(C)cc1)C(=O)CN(c1cc(C(F)(F)F)ccc1Cl)S(=O)(=O)c1ccccc1. The van der Waals surface area contributed by atoms with Crippen LogP contribution in [0.3, 0.4) is 0 Å². The molecule has 0 saturated heterocycles. The van der Waals surface area contributed by atoms with Crippen molar-refractivity contribution in [3.63, 3.8) is 0 Å². The minimum atomic E-state index is -4.80. The van der Waals surface area contributed by atoms with Crippen LogP contribution in [0.15, 0.2) is 77.7 Å². The molecule has 0 bridgehead atoms. The van der Waals surface area contributed by atoms with E-state index in [0.29, 0.717) is 15.9 Å². The van der Waals surface area contributed by atoms with Crippen molar-refractivity contribution >= 4 is 39.1 Å². The second kappa shape index (κ2) is 12.7. The maximum atomic E-state index is 13.9. The van der Waals surface area contributed by atoms with Gasteiger partial charge in [0.25, 0.3) is 10.0 Å². The molecular formula is C28H29ClF3N3O4S. The van der Waals surface area contributed by atoms with Crippen LogP contribution in [0, 0.1) is 6.92 Å². The molecule has 1 atom stereocenters. The number of rotatable bonds is 10. The van der Waals surface area contributed by atoms with Gasteiger partial charge in [-0.15, -0.1) is 0 Å². The first kappa shape index (κ1) is 31.0. The van der Waals surface area contributed by atoms with Crippen molar-refractivity contribution in [2.75, 3.05) is 17.9 Å². The molecule has 3 aromatic carbocycles. The summed E-state index contributed by atoms with van der Waals surface area (Å²) in [6.45, 7) is 2.63. The summed E-state index contributed by atoms with van der Waals surface area (Å²) in [5, 5.41) is 2.21. The lowest BCUT2D eigenvalue weighted by atomic mass is 10.1. The zero-order chi connectivity index (χ0) is 29.7. The number of nitrogens with zero attached hydrogens (tertiary/aromatic N) is 2. The number of sulfonamides is 1. The fourth-order valence-corrected chi connectivity index (χ4v) is 5.81. The first-order valence-electron chi connectivity index (χ1n) is 12.3. The molecule has 3 aromatic rings. The van der Waals surface area contributed by atoms with Crippen LogP contribution in [-0.4, -0.2) is 44.8 Å². The molecule has 0 aromatic heterocycles. The quantitative estimate of drug-likeness (QED) is 0.339. The monoisotopic (exact) mass is 595 g/mol. The van der Waals surface area contributed by atoms with E-state index in [0.717, 1.165) is 17.7 Å². The molecule has 1 unspecified atom stereocenters. The largest absolute Gasteiger partial charge is 0.416 e. The number of aryl methyl sites for hydroxylation is 1. The predicted molar refractivity (Wildman–Crippen MR) is 147 cm³/mol. The lowest BCUT2D eigenvalue weighted by Crippen LogP contribution is -2.51. The van der Waals surface area contributed by atoms with Crippen molar-refractivity contribution < 1.29 is 31.2 Å². The summed E-state index contributed by atoms with van der Waals surface area (Å²) in [6, 6.07) is 15.5. The molecular weight excluding hydrogens is 567 g/mol. The minimum Gasteiger partial charge on any atom is -0.357 e. The van der Waals surface area contributed by atoms with Gasteiger partial charge in [-0.2, -0.15) is 13.2 Å². The van der Waals surface area contributed by atoms with E-state index in [1.807, 2.05) is 19.1 Å². The third kappa shape index (κ3) is 7.14. The van der Waals surface area contributed by atoms with Gasteiger partial charge in [-0.3, -0.25) is 13.9 Å². The number of likely N-dealkylation sites (N-methyl/N-ethyl adjacent to an activating group) is 1. The number of hydrogen-bond donors (Lipinski definition) is 1. The zero-order valence-corrected chi connectivity index (χ0v) is 23.6. The number of carbonyl (C=O) groups excluding carboxylic acids is 2.